The Kier molecular flexibility index (Phi) is 4.71. The number of hydrogen-bond donors (Lipinski definition) is 0. The predicted octanol–water partition coefficient (Wildman–Crippen LogP) is 5.55. The molecular formula is C14H14BrClOS. The van der Waals surface area contributed by atoms with E-state index in [0.717, 1.165) is 21.3 Å². The maximum Gasteiger partial charge on any atom is 0.124 e. The molecule has 0 saturated carbocycles. The molecule has 0 aliphatic heterocycles. The van der Waals surface area contributed by atoms with Gasteiger partial charge in [-0.1, -0.05) is 15.9 Å². The maximum atomic E-state index is 6.60. The molecule has 2 rings (SSSR count). The van der Waals surface area contributed by atoms with Crippen molar-refractivity contribution in [2.75, 3.05) is 6.61 Å². The van der Waals surface area contributed by atoms with E-state index in [1.807, 2.05) is 25.1 Å². The van der Waals surface area contributed by atoms with Crippen LogP contribution in [-0.4, -0.2) is 6.61 Å². The third-order valence-corrected chi connectivity index (χ3v) is 4.56. The van der Waals surface area contributed by atoms with Gasteiger partial charge in [-0.3, -0.25) is 0 Å². The summed E-state index contributed by atoms with van der Waals surface area (Å²) >= 11 is 11.8. The van der Waals surface area contributed by atoms with Crippen LogP contribution < -0.4 is 4.74 Å². The third kappa shape index (κ3) is 2.90. The zero-order chi connectivity index (χ0) is 13.1. The van der Waals surface area contributed by atoms with Gasteiger partial charge < -0.3 is 4.74 Å². The molecule has 0 aliphatic carbocycles. The highest BCUT2D eigenvalue weighted by atomic mass is 79.9. The van der Waals surface area contributed by atoms with Crippen molar-refractivity contribution in [2.45, 2.75) is 19.2 Å². The van der Waals surface area contributed by atoms with Crippen molar-refractivity contribution >= 4 is 38.9 Å². The standard InChI is InChI=1S/C14H14BrClOS/c1-3-17-13-5-4-10(15)6-11(13)14(16)12-8-18-7-9(12)2/h4-8,14H,3H2,1-2H3. The highest BCUT2D eigenvalue weighted by Gasteiger charge is 2.18. The normalized spacial score (nSPS) is 12.4. The molecule has 1 nitrogen and oxygen atoms in total. The highest BCUT2D eigenvalue weighted by Crippen LogP contribution is 2.39. The lowest BCUT2D eigenvalue weighted by atomic mass is 10.0. The van der Waals surface area contributed by atoms with Crippen molar-refractivity contribution in [2.24, 2.45) is 0 Å². The van der Waals surface area contributed by atoms with Gasteiger partial charge in [0.1, 0.15) is 5.75 Å². The predicted molar refractivity (Wildman–Crippen MR) is 82.1 cm³/mol. The minimum Gasteiger partial charge on any atom is -0.494 e. The molecule has 4 heteroatoms. The van der Waals surface area contributed by atoms with Gasteiger partial charge in [-0.15, -0.1) is 11.6 Å². The van der Waals surface area contributed by atoms with Crippen LogP contribution in [0.4, 0.5) is 0 Å². The first-order valence-electron chi connectivity index (χ1n) is 5.72. The summed E-state index contributed by atoms with van der Waals surface area (Å²) < 4.78 is 6.66. The number of benzene rings is 1. The molecule has 0 aliphatic rings. The maximum absolute atomic E-state index is 6.60. The first kappa shape index (κ1) is 13.9. The molecule has 1 unspecified atom stereocenters. The Labute approximate surface area is 125 Å². The fraction of sp³-hybridized carbons (Fsp3) is 0.286. The fourth-order valence-corrected chi connectivity index (χ4v) is 3.54. The van der Waals surface area contributed by atoms with Crippen LogP contribution in [0, 0.1) is 6.92 Å². The second-order valence-corrected chi connectivity index (χ2v) is 6.08. The minimum absolute atomic E-state index is 0.171. The molecular weight excluding hydrogens is 332 g/mol. The van der Waals surface area contributed by atoms with Gasteiger partial charge >= 0.3 is 0 Å². The summed E-state index contributed by atoms with van der Waals surface area (Å²) in [5.74, 6) is 0.853. The molecule has 0 amide bonds. The second-order valence-electron chi connectivity index (χ2n) is 3.99. The van der Waals surface area contributed by atoms with Crippen molar-refractivity contribution < 1.29 is 4.74 Å². The quantitative estimate of drug-likeness (QED) is 0.660. The lowest BCUT2D eigenvalue weighted by molar-refractivity contribution is 0.337. The number of halogens is 2. The minimum atomic E-state index is -0.171. The number of ether oxygens (including phenoxy) is 1. The summed E-state index contributed by atoms with van der Waals surface area (Å²) in [5.41, 5.74) is 3.39. The molecule has 96 valence electrons. The van der Waals surface area contributed by atoms with Crippen LogP contribution in [0.1, 0.15) is 29.0 Å². The van der Waals surface area contributed by atoms with E-state index >= 15 is 0 Å². The van der Waals surface area contributed by atoms with E-state index in [0.29, 0.717) is 6.61 Å². The topological polar surface area (TPSA) is 9.23 Å². The van der Waals surface area contributed by atoms with Crippen LogP contribution in [0.25, 0.3) is 0 Å². The van der Waals surface area contributed by atoms with Gasteiger partial charge in [-0.05, 0) is 53.9 Å². The Morgan fingerprint density at radius 2 is 2.11 bits per heavy atom. The largest absolute Gasteiger partial charge is 0.494 e. The monoisotopic (exact) mass is 344 g/mol. The molecule has 1 atom stereocenters. The fourth-order valence-electron chi connectivity index (χ4n) is 1.80. The van der Waals surface area contributed by atoms with E-state index in [2.05, 4.69) is 33.6 Å². The van der Waals surface area contributed by atoms with E-state index in [4.69, 9.17) is 16.3 Å². The van der Waals surface area contributed by atoms with Gasteiger partial charge in [-0.2, -0.15) is 11.3 Å². The molecule has 0 spiro atoms. The first-order valence-corrected chi connectivity index (χ1v) is 7.89. The number of aryl methyl sites for hydroxylation is 1. The number of hydrogen-bond acceptors (Lipinski definition) is 2. The van der Waals surface area contributed by atoms with Crippen molar-refractivity contribution in [3.05, 3.63) is 50.1 Å². The average molecular weight is 346 g/mol. The van der Waals surface area contributed by atoms with Crippen molar-refractivity contribution in [3.8, 4) is 5.75 Å². The highest BCUT2D eigenvalue weighted by molar-refractivity contribution is 9.10. The summed E-state index contributed by atoms with van der Waals surface area (Å²) in [7, 11) is 0. The van der Waals surface area contributed by atoms with Gasteiger partial charge in [0.25, 0.3) is 0 Å². The van der Waals surface area contributed by atoms with Crippen LogP contribution in [0.5, 0.6) is 5.75 Å². The molecule has 0 bridgehead atoms. The number of rotatable bonds is 4. The Balaban J connectivity index is 2.43. The molecule has 0 saturated heterocycles. The number of alkyl halides is 1. The third-order valence-electron chi connectivity index (χ3n) is 2.71. The smallest absolute Gasteiger partial charge is 0.124 e. The van der Waals surface area contributed by atoms with E-state index in [9.17, 15) is 0 Å². The lowest BCUT2D eigenvalue weighted by Crippen LogP contribution is -2.00. The van der Waals surface area contributed by atoms with Gasteiger partial charge in [0, 0.05) is 10.0 Å². The average Bonchev–Trinajstić information content (AvgIpc) is 2.77. The van der Waals surface area contributed by atoms with Gasteiger partial charge in [-0.25, -0.2) is 0 Å². The Bertz CT molecular complexity index is 538. The SMILES string of the molecule is CCOc1ccc(Br)cc1C(Cl)c1cscc1C. The zero-order valence-electron chi connectivity index (χ0n) is 10.2. The van der Waals surface area contributed by atoms with Crippen LogP contribution in [0.2, 0.25) is 0 Å². The van der Waals surface area contributed by atoms with E-state index < -0.39 is 0 Å². The summed E-state index contributed by atoms with van der Waals surface area (Å²) in [6, 6.07) is 5.96. The van der Waals surface area contributed by atoms with Crippen LogP contribution >= 0.6 is 38.9 Å². The molecule has 0 radical (unpaired) electrons. The van der Waals surface area contributed by atoms with Gasteiger partial charge in [0.2, 0.25) is 0 Å². The molecule has 1 heterocycles. The zero-order valence-corrected chi connectivity index (χ0v) is 13.4. The first-order chi connectivity index (χ1) is 8.63. The van der Waals surface area contributed by atoms with Crippen molar-refractivity contribution in [1.29, 1.82) is 0 Å². The second kappa shape index (κ2) is 6.09. The van der Waals surface area contributed by atoms with Crippen LogP contribution in [-0.2, 0) is 0 Å². The molecule has 18 heavy (non-hydrogen) atoms. The molecule has 2 aromatic rings. The molecule has 1 aromatic carbocycles. The van der Waals surface area contributed by atoms with Crippen LogP contribution in [0.3, 0.4) is 0 Å². The van der Waals surface area contributed by atoms with Crippen molar-refractivity contribution in [3.63, 3.8) is 0 Å². The van der Waals surface area contributed by atoms with E-state index in [1.54, 1.807) is 11.3 Å². The van der Waals surface area contributed by atoms with Gasteiger partial charge in [0.15, 0.2) is 0 Å². The van der Waals surface area contributed by atoms with Gasteiger partial charge in [0.05, 0.1) is 12.0 Å². The van der Waals surface area contributed by atoms with E-state index in [1.165, 1.54) is 5.56 Å². The summed E-state index contributed by atoms with van der Waals surface area (Å²) in [6.45, 7) is 4.70. The Hall–Kier alpha value is -0.510. The molecule has 0 fully saturated rings. The summed E-state index contributed by atoms with van der Waals surface area (Å²) in [4.78, 5) is 0. The van der Waals surface area contributed by atoms with E-state index in [-0.39, 0.29) is 5.38 Å². The van der Waals surface area contributed by atoms with Crippen molar-refractivity contribution in [1.82, 2.24) is 0 Å². The molecule has 0 N–H and O–H groups in total. The Morgan fingerprint density at radius 3 is 2.72 bits per heavy atom. The lowest BCUT2D eigenvalue weighted by Gasteiger charge is -2.15. The number of thiophene rings is 1. The summed E-state index contributed by atoms with van der Waals surface area (Å²) in [5, 5.41) is 4.04. The Morgan fingerprint density at radius 1 is 1.33 bits per heavy atom. The molecule has 1 aromatic heterocycles. The summed E-state index contributed by atoms with van der Waals surface area (Å²) in [6.07, 6.45) is 0. The van der Waals surface area contributed by atoms with Crippen LogP contribution in [0.15, 0.2) is 33.4 Å².